The number of hydrogen-bond acceptors (Lipinski definition) is 3. The summed E-state index contributed by atoms with van der Waals surface area (Å²) in [4.78, 5) is 1.95. The largest absolute Gasteiger partial charge is 0.310 e. The molecule has 0 N–H and O–H groups in total. The van der Waals surface area contributed by atoms with Gasteiger partial charge in [-0.25, -0.2) is 8.78 Å². The molecule has 0 atom stereocenters. The molecule has 0 spiro atoms. The molecule has 13 rings (SSSR count). The van der Waals surface area contributed by atoms with Gasteiger partial charge in [-0.1, -0.05) is 110 Å². The summed E-state index contributed by atoms with van der Waals surface area (Å²) in [6.45, 7) is 5.78. The number of hydrogen-bond donors (Lipinski definition) is 0. The Kier molecular flexibility index (Phi) is 8.42. The van der Waals surface area contributed by atoms with E-state index < -0.39 is 0 Å². The molecule has 0 fully saturated rings. The third-order valence-electron chi connectivity index (χ3n) is 13.0. The average Bonchev–Trinajstić information content (AvgIpc) is 4.01. The maximum absolute atomic E-state index is 15.2. The molecule has 0 bridgehead atoms. The molecule has 308 valence electrons. The third kappa shape index (κ3) is 5.88. The molecule has 65 heavy (non-hydrogen) atoms. The maximum Gasteiger partial charge on any atom is 0.125 e. The van der Waals surface area contributed by atoms with Crippen molar-refractivity contribution < 1.29 is 8.78 Å². The van der Waals surface area contributed by atoms with Gasteiger partial charge in [0.25, 0.3) is 0 Å². The zero-order valence-electron chi connectivity index (χ0n) is 35.1. The zero-order chi connectivity index (χ0) is 43.5. The highest BCUT2D eigenvalue weighted by molar-refractivity contribution is 7.30. The van der Waals surface area contributed by atoms with Crippen LogP contribution in [0.2, 0.25) is 0 Å². The van der Waals surface area contributed by atoms with Gasteiger partial charge >= 0.3 is 0 Å². The maximum atomic E-state index is 15.2. The van der Waals surface area contributed by atoms with Crippen molar-refractivity contribution in [2.24, 2.45) is 0 Å². The molecule has 6 heteroatoms. The van der Waals surface area contributed by atoms with Crippen LogP contribution in [-0.2, 0) is 0 Å². The van der Waals surface area contributed by atoms with Crippen LogP contribution in [0, 0.1) is 18.6 Å². The summed E-state index contributed by atoms with van der Waals surface area (Å²) in [5.74, 6) is -0.736. The second-order valence-electron chi connectivity index (χ2n) is 16.9. The van der Waals surface area contributed by atoms with Crippen LogP contribution in [0.25, 0.3) is 107 Å². The van der Waals surface area contributed by atoms with Crippen molar-refractivity contribution in [3.05, 3.63) is 211 Å². The average molecular weight is 875 g/mol. The molecule has 0 unspecified atom stereocenters. The number of aromatic nitrogens is 1. The van der Waals surface area contributed by atoms with E-state index in [2.05, 4.69) is 157 Å². The first-order chi connectivity index (χ1) is 31.9. The normalized spacial score (nSPS) is 12.0. The van der Waals surface area contributed by atoms with Gasteiger partial charge in [-0.15, -0.1) is 22.7 Å². The van der Waals surface area contributed by atoms with Gasteiger partial charge in [0.1, 0.15) is 11.6 Å². The first-order valence-electron chi connectivity index (χ1n) is 21.6. The van der Waals surface area contributed by atoms with Crippen LogP contribution in [0.15, 0.2) is 189 Å². The lowest BCUT2D eigenvalue weighted by Crippen LogP contribution is -2.11. The summed E-state index contributed by atoms with van der Waals surface area (Å²) in [5.41, 5.74) is 9.26. The fraction of sp³-hybridized carbons (Fsp3) is 0.0169. The molecule has 0 radical (unpaired) electrons. The Morgan fingerprint density at radius 1 is 0.492 bits per heavy atom. The van der Waals surface area contributed by atoms with Gasteiger partial charge in [0.2, 0.25) is 0 Å². The Labute approximate surface area is 380 Å². The molecule has 0 amide bonds. The van der Waals surface area contributed by atoms with Crippen LogP contribution < -0.4 is 4.90 Å². The van der Waals surface area contributed by atoms with Crippen molar-refractivity contribution in [2.45, 2.75) is 6.92 Å². The Bertz CT molecular complexity index is 4120. The summed E-state index contributed by atoms with van der Waals surface area (Å²) in [6, 6.07) is 62.7. The first-order valence-corrected chi connectivity index (χ1v) is 23.3. The predicted molar refractivity (Wildman–Crippen MR) is 276 cm³/mol. The number of rotatable bonds is 6. The van der Waals surface area contributed by atoms with Crippen LogP contribution >= 0.6 is 22.7 Å². The van der Waals surface area contributed by atoms with Crippen molar-refractivity contribution in [3.8, 4) is 16.8 Å². The zero-order valence-corrected chi connectivity index (χ0v) is 36.7. The van der Waals surface area contributed by atoms with Crippen molar-refractivity contribution in [1.82, 2.24) is 4.57 Å². The van der Waals surface area contributed by atoms with Crippen molar-refractivity contribution in [3.63, 3.8) is 0 Å². The van der Waals surface area contributed by atoms with Crippen LogP contribution in [0.1, 0.15) is 11.1 Å². The van der Waals surface area contributed by atoms with Gasteiger partial charge in [-0.2, -0.15) is 0 Å². The van der Waals surface area contributed by atoms with Gasteiger partial charge in [-0.05, 0) is 125 Å². The summed E-state index contributed by atoms with van der Waals surface area (Å²) >= 11 is 3.63. The topological polar surface area (TPSA) is 8.17 Å². The Balaban J connectivity index is 1.04. The molecule has 0 aliphatic rings. The van der Waals surface area contributed by atoms with E-state index in [1.54, 1.807) is 17.4 Å². The second kappa shape index (κ2) is 14.4. The number of para-hydroxylation sites is 1. The minimum Gasteiger partial charge on any atom is -0.310 e. The highest BCUT2D eigenvalue weighted by Crippen LogP contribution is 2.51. The lowest BCUT2D eigenvalue weighted by molar-refractivity contribution is 0.626. The fourth-order valence-electron chi connectivity index (χ4n) is 10.2. The number of aryl methyl sites for hydroxylation is 1. The lowest BCUT2D eigenvalue weighted by Gasteiger charge is -2.26. The highest BCUT2D eigenvalue weighted by atomic mass is 32.1. The van der Waals surface area contributed by atoms with E-state index in [0.29, 0.717) is 16.9 Å². The lowest BCUT2D eigenvalue weighted by atomic mass is 9.97. The Hall–Kier alpha value is -7.64. The predicted octanol–water partition coefficient (Wildman–Crippen LogP) is 18.2. The van der Waals surface area contributed by atoms with Gasteiger partial charge in [0.15, 0.2) is 0 Å². The van der Waals surface area contributed by atoms with Gasteiger partial charge in [0.05, 0.1) is 11.0 Å². The first kappa shape index (κ1) is 37.9. The van der Waals surface area contributed by atoms with Gasteiger partial charge in [0, 0.05) is 84.6 Å². The molecule has 2 nitrogen and oxygen atoms in total. The van der Waals surface area contributed by atoms with E-state index >= 15 is 8.78 Å². The molecule has 0 aliphatic carbocycles. The monoisotopic (exact) mass is 874 g/mol. The molecular weight excluding hydrogens is 839 g/mol. The highest BCUT2D eigenvalue weighted by Gasteiger charge is 2.22. The van der Waals surface area contributed by atoms with E-state index in [9.17, 15) is 0 Å². The van der Waals surface area contributed by atoms with Crippen molar-refractivity contribution >= 4 is 130 Å². The van der Waals surface area contributed by atoms with Crippen LogP contribution in [0.5, 0.6) is 0 Å². The smallest absolute Gasteiger partial charge is 0.125 e. The van der Waals surface area contributed by atoms with E-state index in [1.165, 1.54) is 97.9 Å². The number of nitrogens with zero attached hydrogens (tertiary/aromatic N) is 2. The Morgan fingerprint density at radius 3 is 1.97 bits per heavy atom. The van der Waals surface area contributed by atoms with Crippen LogP contribution in [0.3, 0.4) is 0 Å². The van der Waals surface area contributed by atoms with E-state index in [0.717, 1.165) is 38.2 Å². The van der Waals surface area contributed by atoms with Gasteiger partial charge < -0.3 is 9.47 Å². The number of anilines is 3. The van der Waals surface area contributed by atoms with Crippen molar-refractivity contribution in [1.29, 1.82) is 0 Å². The summed E-state index contributed by atoms with van der Waals surface area (Å²) in [7, 11) is 0. The summed E-state index contributed by atoms with van der Waals surface area (Å²) in [6.07, 6.45) is 1.64. The molecule has 10 aromatic carbocycles. The number of halogens is 2. The molecule has 3 heterocycles. The Morgan fingerprint density at radius 2 is 1.15 bits per heavy atom. The molecule has 13 aromatic rings. The molecular formula is C59H36F2N2S2. The van der Waals surface area contributed by atoms with E-state index in [-0.39, 0.29) is 11.6 Å². The third-order valence-corrected chi connectivity index (χ3v) is 15.4. The molecule has 0 aliphatic heterocycles. The minimum absolute atomic E-state index is 0.350. The van der Waals surface area contributed by atoms with Crippen LogP contribution in [-0.4, -0.2) is 4.57 Å². The van der Waals surface area contributed by atoms with Gasteiger partial charge in [-0.3, -0.25) is 0 Å². The minimum atomic E-state index is -0.387. The second-order valence-corrected chi connectivity index (χ2v) is 19.0. The standard InChI is InChI=1S/C59H36F2N2S2/c1-3-35-27-40(61)32-44(28-35)62(43-26-34(2)25-39(60)31-43)42-20-24-54-51(33-42)56-58(64-54)49-16-10-9-15-47(49)55-50-29-37(19-23-53(50)65-59(55)56)38-18-21-46-48-22-17-36-11-7-8-14-45(36)57(48)63(52(46)30-38)41-12-5-4-6-13-41/h3-33H,1H2,2H3. The van der Waals surface area contributed by atoms with E-state index in [1.807, 2.05) is 35.3 Å². The molecule has 0 saturated heterocycles. The van der Waals surface area contributed by atoms with Crippen LogP contribution in [0.4, 0.5) is 25.8 Å². The summed E-state index contributed by atoms with van der Waals surface area (Å²) < 4.78 is 37.7. The molecule has 0 saturated carbocycles. The number of fused-ring (bicyclic) bond motifs is 15. The SMILES string of the molecule is C=Cc1cc(F)cc(N(c2cc(C)cc(F)c2)c2ccc3sc4c5ccccc5c5c6cc(-c7ccc8c9ccc%10ccccc%10c9n(-c9ccccc9)c8c7)ccc6sc5c4c3c2)c1. The fourth-order valence-corrected chi connectivity index (χ4v) is 12.8. The molecule has 3 aromatic heterocycles. The van der Waals surface area contributed by atoms with E-state index in [4.69, 9.17) is 0 Å². The number of benzene rings is 10. The quantitative estimate of drug-likeness (QED) is 0.162. The number of thiophene rings is 2. The van der Waals surface area contributed by atoms with Crippen molar-refractivity contribution in [2.75, 3.05) is 4.90 Å². The summed E-state index contributed by atoms with van der Waals surface area (Å²) in [5, 5.41) is 12.1.